The summed E-state index contributed by atoms with van der Waals surface area (Å²) in [4.78, 5) is 16.1. The van der Waals surface area contributed by atoms with Gasteiger partial charge in [-0.3, -0.25) is 4.79 Å². The van der Waals surface area contributed by atoms with E-state index >= 15 is 0 Å². The van der Waals surface area contributed by atoms with Crippen LogP contribution in [0, 0.1) is 0 Å². The molecule has 0 fully saturated rings. The van der Waals surface area contributed by atoms with Crippen molar-refractivity contribution in [2.24, 2.45) is 0 Å². The van der Waals surface area contributed by atoms with E-state index in [0.717, 1.165) is 16.5 Å². The Morgan fingerprint density at radius 3 is 2.65 bits per heavy atom. The Hall–Kier alpha value is -1.39. The molecule has 3 nitrogen and oxygen atoms in total. The molecule has 1 unspecified atom stereocenters. The number of rotatable bonds is 4. The van der Waals surface area contributed by atoms with Gasteiger partial charge in [-0.2, -0.15) is 0 Å². The third-order valence-corrected chi connectivity index (χ3v) is 3.71. The molecule has 0 aliphatic rings. The Kier molecular flexibility index (Phi) is 5.15. The summed E-state index contributed by atoms with van der Waals surface area (Å²) in [7, 11) is 0. The van der Waals surface area contributed by atoms with E-state index in [9.17, 15) is 4.79 Å². The summed E-state index contributed by atoms with van der Waals surface area (Å²) in [5.41, 5.74) is 1.59. The van der Waals surface area contributed by atoms with Crippen LogP contribution in [0.15, 0.2) is 47.1 Å². The summed E-state index contributed by atoms with van der Waals surface area (Å²) in [6, 6.07) is 11.1. The predicted molar refractivity (Wildman–Crippen MR) is 83.9 cm³/mol. The number of benzene rings is 1. The SMILES string of the molecule is CCC(NC(=O)c1ccnc(Cl)c1)c1ccc(Br)cc1. The smallest absolute Gasteiger partial charge is 0.251 e. The van der Waals surface area contributed by atoms with Gasteiger partial charge >= 0.3 is 0 Å². The Morgan fingerprint density at radius 1 is 1.35 bits per heavy atom. The predicted octanol–water partition coefficient (Wildman–Crippen LogP) is 4.38. The Balaban J connectivity index is 2.14. The van der Waals surface area contributed by atoms with Crippen LogP contribution in [0.4, 0.5) is 0 Å². The standard InChI is InChI=1S/C15H14BrClN2O/c1-2-13(10-3-5-12(16)6-4-10)19-15(20)11-7-8-18-14(17)9-11/h3-9,13H,2H2,1H3,(H,19,20). The van der Waals surface area contributed by atoms with Gasteiger partial charge in [-0.15, -0.1) is 0 Å². The molecule has 1 atom stereocenters. The Morgan fingerprint density at radius 2 is 2.05 bits per heavy atom. The topological polar surface area (TPSA) is 42.0 Å². The van der Waals surface area contributed by atoms with Gasteiger partial charge in [-0.25, -0.2) is 4.98 Å². The van der Waals surface area contributed by atoms with E-state index in [2.05, 4.69) is 26.2 Å². The Labute approximate surface area is 131 Å². The van der Waals surface area contributed by atoms with E-state index in [4.69, 9.17) is 11.6 Å². The minimum Gasteiger partial charge on any atom is -0.345 e. The van der Waals surface area contributed by atoms with E-state index in [1.165, 1.54) is 6.20 Å². The molecule has 1 aromatic carbocycles. The van der Waals surface area contributed by atoms with Crippen molar-refractivity contribution in [3.05, 3.63) is 63.3 Å². The lowest BCUT2D eigenvalue weighted by molar-refractivity contribution is 0.0935. The van der Waals surface area contributed by atoms with Crippen molar-refractivity contribution in [1.29, 1.82) is 0 Å². The zero-order chi connectivity index (χ0) is 14.5. The fourth-order valence-electron chi connectivity index (χ4n) is 1.90. The van der Waals surface area contributed by atoms with Crippen molar-refractivity contribution in [2.45, 2.75) is 19.4 Å². The molecule has 1 heterocycles. The summed E-state index contributed by atoms with van der Waals surface area (Å²) >= 11 is 9.20. The fourth-order valence-corrected chi connectivity index (χ4v) is 2.34. The molecule has 0 aliphatic heterocycles. The third kappa shape index (κ3) is 3.81. The molecular formula is C15H14BrClN2O. The second-order valence-corrected chi connectivity index (χ2v) is 5.66. The first-order chi connectivity index (χ1) is 9.60. The van der Waals surface area contributed by atoms with Gasteiger partial charge in [0.2, 0.25) is 0 Å². The number of hydrogen-bond donors (Lipinski definition) is 1. The molecular weight excluding hydrogens is 340 g/mol. The highest BCUT2D eigenvalue weighted by Crippen LogP contribution is 2.20. The summed E-state index contributed by atoms with van der Waals surface area (Å²) in [5.74, 6) is -0.149. The number of carbonyl (C=O) groups is 1. The van der Waals surface area contributed by atoms with Crippen LogP contribution in [0.1, 0.15) is 35.3 Å². The van der Waals surface area contributed by atoms with Gasteiger partial charge < -0.3 is 5.32 Å². The molecule has 2 rings (SSSR count). The van der Waals surface area contributed by atoms with Crippen molar-refractivity contribution in [2.75, 3.05) is 0 Å². The van der Waals surface area contributed by atoms with Gasteiger partial charge in [0.25, 0.3) is 5.91 Å². The van der Waals surface area contributed by atoms with E-state index in [-0.39, 0.29) is 11.9 Å². The van der Waals surface area contributed by atoms with Gasteiger partial charge in [-0.1, -0.05) is 46.6 Å². The van der Waals surface area contributed by atoms with Crippen molar-refractivity contribution in [1.82, 2.24) is 10.3 Å². The molecule has 2 aromatic rings. The lowest BCUT2D eigenvalue weighted by Gasteiger charge is -2.17. The normalized spacial score (nSPS) is 11.9. The highest BCUT2D eigenvalue weighted by atomic mass is 79.9. The third-order valence-electron chi connectivity index (χ3n) is 2.97. The lowest BCUT2D eigenvalue weighted by atomic mass is 10.0. The quantitative estimate of drug-likeness (QED) is 0.829. The average Bonchev–Trinajstić information content (AvgIpc) is 2.45. The zero-order valence-corrected chi connectivity index (χ0v) is 13.3. The van der Waals surface area contributed by atoms with Crippen molar-refractivity contribution < 1.29 is 4.79 Å². The molecule has 1 aromatic heterocycles. The van der Waals surface area contributed by atoms with E-state index in [0.29, 0.717) is 10.7 Å². The minimum atomic E-state index is -0.149. The molecule has 0 spiro atoms. The second-order valence-electron chi connectivity index (χ2n) is 4.35. The zero-order valence-electron chi connectivity index (χ0n) is 10.9. The number of nitrogens with zero attached hydrogens (tertiary/aromatic N) is 1. The maximum absolute atomic E-state index is 12.2. The number of halogens is 2. The van der Waals surface area contributed by atoms with Crippen LogP contribution in [0.5, 0.6) is 0 Å². The molecule has 104 valence electrons. The number of carbonyl (C=O) groups excluding carboxylic acids is 1. The molecule has 0 bridgehead atoms. The van der Waals surface area contributed by atoms with Crippen LogP contribution in [-0.2, 0) is 0 Å². The van der Waals surface area contributed by atoms with Crippen LogP contribution < -0.4 is 5.32 Å². The van der Waals surface area contributed by atoms with Crippen molar-refractivity contribution in [3.63, 3.8) is 0 Å². The van der Waals surface area contributed by atoms with Crippen LogP contribution >= 0.6 is 27.5 Å². The van der Waals surface area contributed by atoms with Crippen LogP contribution in [0.2, 0.25) is 5.15 Å². The van der Waals surface area contributed by atoms with Gasteiger partial charge in [0.05, 0.1) is 6.04 Å². The highest BCUT2D eigenvalue weighted by Gasteiger charge is 2.14. The van der Waals surface area contributed by atoms with Crippen molar-refractivity contribution >= 4 is 33.4 Å². The molecule has 0 radical (unpaired) electrons. The van der Waals surface area contributed by atoms with Crippen LogP contribution in [0.3, 0.4) is 0 Å². The van der Waals surface area contributed by atoms with Gasteiger partial charge in [0, 0.05) is 16.2 Å². The van der Waals surface area contributed by atoms with E-state index in [1.54, 1.807) is 12.1 Å². The monoisotopic (exact) mass is 352 g/mol. The maximum Gasteiger partial charge on any atom is 0.251 e. The maximum atomic E-state index is 12.2. The number of aromatic nitrogens is 1. The molecule has 1 amide bonds. The molecule has 0 aliphatic carbocycles. The largest absolute Gasteiger partial charge is 0.345 e. The summed E-state index contributed by atoms with van der Waals surface area (Å²) in [5, 5.41) is 3.32. The first-order valence-electron chi connectivity index (χ1n) is 6.28. The van der Waals surface area contributed by atoms with E-state index < -0.39 is 0 Å². The van der Waals surface area contributed by atoms with Crippen LogP contribution in [0.25, 0.3) is 0 Å². The first kappa shape index (κ1) is 15.0. The summed E-state index contributed by atoms with van der Waals surface area (Å²) in [6.07, 6.45) is 2.34. The summed E-state index contributed by atoms with van der Waals surface area (Å²) < 4.78 is 1.02. The molecule has 5 heteroatoms. The number of hydrogen-bond acceptors (Lipinski definition) is 2. The average molecular weight is 354 g/mol. The molecule has 20 heavy (non-hydrogen) atoms. The summed E-state index contributed by atoms with van der Waals surface area (Å²) in [6.45, 7) is 2.03. The van der Waals surface area contributed by atoms with E-state index in [1.807, 2.05) is 31.2 Å². The van der Waals surface area contributed by atoms with Gasteiger partial charge in [0.15, 0.2) is 0 Å². The highest BCUT2D eigenvalue weighted by molar-refractivity contribution is 9.10. The first-order valence-corrected chi connectivity index (χ1v) is 7.45. The second kappa shape index (κ2) is 6.86. The number of amides is 1. The lowest BCUT2D eigenvalue weighted by Crippen LogP contribution is -2.28. The van der Waals surface area contributed by atoms with Crippen molar-refractivity contribution in [3.8, 4) is 0 Å². The van der Waals surface area contributed by atoms with Crippen LogP contribution in [-0.4, -0.2) is 10.9 Å². The Bertz CT molecular complexity index is 601. The number of nitrogens with one attached hydrogen (secondary N) is 1. The minimum absolute atomic E-state index is 0.0254. The van der Waals surface area contributed by atoms with Gasteiger partial charge in [0.1, 0.15) is 5.15 Å². The molecule has 0 saturated heterocycles. The molecule has 0 saturated carbocycles. The van der Waals surface area contributed by atoms with Gasteiger partial charge in [-0.05, 0) is 36.2 Å². The molecule has 1 N–H and O–H groups in total. The number of pyridine rings is 1. The fraction of sp³-hybridized carbons (Fsp3) is 0.200.